The van der Waals surface area contributed by atoms with Gasteiger partial charge in [-0.2, -0.15) is 0 Å². The molecule has 0 saturated heterocycles. The van der Waals surface area contributed by atoms with E-state index in [-0.39, 0.29) is 5.54 Å². The second kappa shape index (κ2) is 3.67. The zero-order chi connectivity index (χ0) is 13.0. The summed E-state index contributed by atoms with van der Waals surface area (Å²) in [7, 11) is 0. The summed E-state index contributed by atoms with van der Waals surface area (Å²) in [5.41, 5.74) is 3.44. The van der Waals surface area contributed by atoms with Crippen LogP contribution in [0.25, 0.3) is 21.9 Å². The van der Waals surface area contributed by atoms with E-state index in [0.717, 1.165) is 15.8 Å². The number of nitrogens with zero attached hydrogens (tertiary/aromatic N) is 2. The van der Waals surface area contributed by atoms with E-state index >= 15 is 0 Å². The van der Waals surface area contributed by atoms with E-state index in [1.165, 1.54) is 30.2 Å². The SMILES string of the molecule is CC1(n2c(=S)[nH]c3cnc4ccccc4c32)CCC1. The highest BCUT2D eigenvalue weighted by molar-refractivity contribution is 7.71. The van der Waals surface area contributed by atoms with Crippen LogP contribution in [0.1, 0.15) is 26.2 Å². The van der Waals surface area contributed by atoms with Crippen LogP contribution < -0.4 is 0 Å². The number of pyridine rings is 1. The third kappa shape index (κ3) is 1.43. The Hall–Kier alpha value is -1.68. The van der Waals surface area contributed by atoms with Gasteiger partial charge in [0.05, 0.1) is 22.7 Å². The zero-order valence-corrected chi connectivity index (χ0v) is 11.6. The summed E-state index contributed by atoms with van der Waals surface area (Å²) in [6.07, 6.45) is 5.58. The molecule has 4 heteroatoms. The fourth-order valence-corrected chi connectivity index (χ4v) is 3.58. The van der Waals surface area contributed by atoms with Gasteiger partial charge in [-0.1, -0.05) is 18.2 Å². The Morgan fingerprint density at radius 2 is 2.11 bits per heavy atom. The topological polar surface area (TPSA) is 33.6 Å². The molecule has 0 unspecified atom stereocenters. The van der Waals surface area contributed by atoms with E-state index in [2.05, 4.69) is 39.7 Å². The molecule has 19 heavy (non-hydrogen) atoms. The van der Waals surface area contributed by atoms with Gasteiger partial charge in [-0.25, -0.2) is 0 Å². The Balaban J connectivity index is 2.20. The van der Waals surface area contributed by atoms with Gasteiger partial charge < -0.3 is 9.55 Å². The lowest BCUT2D eigenvalue weighted by molar-refractivity contribution is 0.173. The molecular weight excluding hydrogens is 254 g/mol. The Morgan fingerprint density at radius 3 is 2.84 bits per heavy atom. The second-order valence-corrected chi connectivity index (χ2v) is 6.04. The molecule has 2 heterocycles. The van der Waals surface area contributed by atoms with Crippen LogP contribution in [0, 0.1) is 4.77 Å². The van der Waals surface area contributed by atoms with Crippen LogP contribution in [0.4, 0.5) is 0 Å². The van der Waals surface area contributed by atoms with Crippen molar-refractivity contribution < 1.29 is 0 Å². The van der Waals surface area contributed by atoms with Crippen molar-refractivity contribution in [3.63, 3.8) is 0 Å². The van der Waals surface area contributed by atoms with Crippen molar-refractivity contribution in [2.24, 2.45) is 0 Å². The Kier molecular flexibility index (Phi) is 2.16. The van der Waals surface area contributed by atoms with Gasteiger partial charge in [0.15, 0.2) is 4.77 Å². The number of hydrogen-bond donors (Lipinski definition) is 1. The number of nitrogens with one attached hydrogen (secondary N) is 1. The molecule has 0 spiro atoms. The summed E-state index contributed by atoms with van der Waals surface area (Å²) in [5, 5.41) is 1.18. The van der Waals surface area contributed by atoms with Crippen LogP contribution >= 0.6 is 12.2 Å². The molecule has 3 aromatic rings. The number of H-pyrrole nitrogens is 1. The van der Waals surface area contributed by atoms with Crippen LogP contribution in [0.5, 0.6) is 0 Å². The van der Waals surface area contributed by atoms with E-state index in [0.29, 0.717) is 0 Å². The maximum atomic E-state index is 5.54. The van der Waals surface area contributed by atoms with Crippen LogP contribution in [0.3, 0.4) is 0 Å². The number of fused-ring (bicyclic) bond motifs is 3. The van der Waals surface area contributed by atoms with Crippen LogP contribution in [0.15, 0.2) is 30.5 Å². The minimum absolute atomic E-state index is 0.166. The van der Waals surface area contributed by atoms with E-state index in [1.54, 1.807) is 0 Å². The monoisotopic (exact) mass is 269 g/mol. The molecular formula is C15H15N3S. The first-order valence-electron chi connectivity index (χ1n) is 6.68. The number of hydrogen-bond acceptors (Lipinski definition) is 2. The molecule has 2 aromatic heterocycles. The van der Waals surface area contributed by atoms with E-state index in [1.807, 2.05) is 12.3 Å². The summed E-state index contributed by atoms with van der Waals surface area (Å²) in [5.74, 6) is 0. The van der Waals surface area contributed by atoms with Gasteiger partial charge in [-0.05, 0) is 44.5 Å². The number of rotatable bonds is 1. The van der Waals surface area contributed by atoms with Crippen LogP contribution in [-0.4, -0.2) is 14.5 Å². The molecule has 1 N–H and O–H groups in total. The molecule has 1 aliphatic rings. The largest absolute Gasteiger partial charge is 0.329 e. The number of aromatic amines is 1. The minimum atomic E-state index is 0.166. The summed E-state index contributed by atoms with van der Waals surface area (Å²) < 4.78 is 3.13. The van der Waals surface area contributed by atoms with Crippen molar-refractivity contribution in [1.29, 1.82) is 0 Å². The van der Waals surface area contributed by atoms with Gasteiger partial charge in [0.25, 0.3) is 0 Å². The molecule has 1 fully saturated rings. The summed E-state index contributed by atoms with van der Waals surface area (Å²) in [4.78, 5) is 7.81. The maximum Gasteiger partial charge on any atom is 0.178 e. The molecule has 0 aliphatic heterocycles. The van der Waals surface area contributed by atoms with Gasteiger partial charge in [0.2, 0.25) is 0 Å². The molecule has 1 aliphatic carbocycles. The number of aromatic nitrogens is 3. The molecule has 96 valence electrons. The van der Waals surface area contributed by atoms with Crippen molar-refractivity contribution in [3.05, 3.63) is 35.2 Å². The Labute approximate surface area is 116 Å². The van der Waals surface area contributed by atoms with Gasteiger partial charge in [0, 0.05) is 10.9 Å². The first-order chi connectivity index (χ1) is 9.19. The predicted molar refractivity (Wildman–Crippen MR) is 79.9 cm³/mol. The quantitative estimate of drug-likeness (QED) is 0.673. The maximum absolute atomic E-state index is 5.54. The molecule has 3 nitrogen and oxygen atoms in total. The molecule has 0 radical (unpaired) electrons. The smallest absolute Gasteiger partial charge is 0.178 e. The summed E-state index contributed by atoms with van der Waals surface area (Å²) in [6, 6.07) is 8.27. The first kappa shape index (κ1) is 11.2. The van der Waals surface area contributed by atoms with Crippen molar-refractivity contribution in [2.75, 3.05) is 0 Å². The Morgan fingerprint density at radius 1 is 1.32 bits per heavy atom. The molecule has 1 aromatic carbocycles. The van der Waals surface area contributed by atoms with E-state index in [4.69, 9.17) is 12.2 Å². The average molecular weight is 269 g/mol. The normalized spacial score (nSPS) is 17.7. The predicted octanol–water partition coefficient (Wildman–Crippen LogP) is 4.15. The lowest BCUT2D eigenvalue weighted by atomic mass is 9.78. The molecule has 0 bridgehead atoms. The van der Waals surface area contributed by atoms with Gasteiger partial charge >= 0.3 is 0 Å². The van der Waals surface area contributed by atoms with Crippen LogP contribution in [0.2, 0.25) is 0 Å². The highest BCUT2D eigenvalue weighted by atomic mass is 32.1. The van der Waals surface area contributed by atoms with Gasteiger partial charge in [-0.15, -0.1) is 0 Å². The van der Waals surface area contributed by atoms with Crippen molar-refractivity contribution in [3.8, 4) is 0 Å². The lowest BCUT2D eigenvalue weighted by Gasteiger charge is -2.40. The summed E-state index contributed by atoms with van der Waals surface area (Å²) >= 11 is 5.54. The highest BCUT2D eigenvalue weighted by Gasteiger charge is 2.35. The number of imidazole rings is 1. The molecule has 4 rings (SSSR count). The van der Waals surface area contributed by atoms with Gasteiger partial charge in [0.1, 0.15) is 0 Å². The molecule has 0 atom stereocenters. The lowest BCUT2D eigenvalue weighted by Crippen LogP contribution is -2.37. The molecule has 0 amide bonds. The van der Waals surface area contributed by atoms with Crippen molar-refractivity contribution in [2.45, 2.75) is 31.7 Å². The van der Waals surface area contributed by atoms with Crippen molar-refractivity contribution in [1.82, 2.24) is 14.5 Å². The average Bonchev–Trinajstić information content (AvgIpc) is 2.73. The minimum Gasteiger partial charge on any atom is -0.329 e. The van der Waals surface area contributed by atoms with E-state index < -0.39 is 0 Å². The number of benzene rings is 1. The Bertz CT molecular complexity index is 839. The fraction of sp³-hybridized carbons (Fsp3) is 0.333. The first-order valence-corrected chi connectivity index (χ1v) is 7.09. The third-order valence-corrected chi connectivity index (χ3v) is 4.67. The number of para-hydroxylation sites is 1. The zero-order valence-electron chi connectivity index (χ0n) is 10.8. The van der Waals surface area contributed by atoms with E-state index in [9.17, 15) is 0 Å². The third-order valence-electron chi connectivity index (χ3n) is 4.39. The molecule has 1 saturated carbocycles. The van der Waals surface area contributed by atoms with Gasteiger partial charge in [-0.3, -0.25) is 4.98 Å². The van der Waals surface area contributed by atoms with Crippen LogP contribution in [-0.2, 0) is 5.54 Å². The van der Waals surface area contributed by atoms with Crippen molar-refractivity contribution >= 4 is 34.2 Å². The fourth-order valence-electron chi connectivity index (χ4n) is 3.16. The highest BCUT2D eigenvalue weighted by Crippen LogP contribution is 2.41. The second-order valence-electron chi connectivity index (χ2n) is 5.65. The summed E-state index contributed by atoms with van der Waals surface area (Å²) in [6.45, 7) is 2.30. The standard InChI is InChI=1S/C15H15N3S/c1-15(7-4-8-15)18-13-10-5-2-3-6-11(10)16-9-12(13)17-14(18)19/h2-3,5-6,9H,4,7-8H2,1H3,(H,17,19).